The fraction of sp³-hybridized carbons (Fsp3) is 0.0857. The van der Waals surface area contributed by atoms with Crippen molar-refractivity contribution in [1.82, 2.24) is 14.6 Å². The number of pyridine rings is 1. The smallest absolute Gasteiger partial charge is 0.169 e. The van der Waals surface area contributed by atoms with Gasteiger partial charge in [0.05, 0.1) is 5.52 Å². The highest BCUT2D eigenvalue weighted by Crippen LogP contribution is 2.49. The van der Waals surface area contributed by atoms with Crippen molar-refractivity contribution >= 4 is 43.3 Å². The largest absolute Gasteiger partial charge is 0.274 e. The molecule has 186 valence electrons. The molecule has 0 atom stereocenters. The maximum Gasteiger partial charge on any atom is 0.169 e. The first kappa shape index (κ1) is 22.7. The van der Waals surface area contributed by atoms with Gasteiger partial charge in [0.2, 0.25) is 0 Å². The average Bonchev–Trinajstić information content (AvgIpc) is 3.51. The zero-order chi connectivity index (χ0) is 26.3. The molecule has 4 heteroatoms. The Morgan fingerprint density at radius 2 is 1.26 bits per heavy atom. The summed E-state index contributed by atoms with van der Waals surface area (Å²) in [5.41, 5.74) is 10.9. The van der Waals surface area contributed by atoms with E-state index in [0.717, 1.165) is 32.4 Å². The number of nitrogens with zero attached hydrogens (tertiary/aromatic N) is 3. The van der Waals surface area contributed by atoms with Gasteiger partial charge in [0.25, 0.3) is 0 Å². The summed E-state index contributed by atoms with van der Waals surface area (Å²) in [6.07, 6.45) is 0. The Morgan fingerprint density at radius 3 is 2.10 bits per heavy atom. The Kier molecular flexibility index (Phi) is 4.72. The fourth-order valence-electron chi connectivity index (χ4n) is 6.40. The molecule has 0 saturated heterocycles. The quantitative estimate of drug-likeness (QED) is 0.195. The van der Waals surface area contributed by atoms with Crippen molar-refractivity contribution in [1.29, 1.82) is 0 Å². The van der Waals surface area contributed by atoms with Gasteiger partial charge in [0.15, 0.2) is 11.5 Å². The van der Waals surface area contributed by atoms with Gasteiger partial charge >= 0.3 is 0 Å². The van der Waals surface area contributed by atoms with E-state index in [1.165, 1.54) is 44.2 Å². The first-order chi connectivity index (χ1) is 19.0. The lowest BCUT2D eigenvalue weighted by atomic mass is 9.81. The van der Waals surface area contributed by atoms with Crippen LogP contribution in [0.3, 0.4) is 0 Å². The van der Waals surface area contributed by atoms with Gasteiger partial charge in [-0.25, -0.2) is 0 Å². The van der Waals surface area contributed by atoms with Gasteiger partial charge < -0.3 is 0 Å². The summed E-state index contributed by atoms with van der Waals surface area (Å²) in [6.45, 7) is 4.67. The van der Waals surface area contributed by atoms with Crippen LogP contribution in [0.4, 0.5) is 0 Å². The van der Waals surface area contributed by atoms with Crippen LogP contribution in [-0.4, -0.2) is 14.6 Å². The highest BCUT2D eigenvalue weighted by molar-refractivity contribution is 9.10. The number of aromatic nitrogens is 3. The van der Waals surface area contributed by atoms with E-state index in [1.807, 2.05) is 12.1 Å². The van der Waals surface area contributed by atoms with E-state index >= 15 is 0 Å². The maximum atomic E-state index is 4.65. The molecule has 0 spiro atoms. The summed E-state index contributed by atoms with van der Waals surface area (Å²) in [7, 11) is 0. The van der Waals surface area contributed by atoms with Gasteiger partial charge in [-0.2, -0.15) is 0 Å². The molecule has 0 bridgehead atoms. The molecule has 5 aromatic carbocycles. The van der Waals surface area contributed by atoms with Gasteiger partial charge in [-0.15, -0.1) is 10.2 Å². The van der Waals surface area contributed by atoms with Crippen LogP contribution in [0, 0.1) is 0 Å². The van der Waals surface area contributed by atoms with Crippen LogP contribution in [0.2, 0.25) is 0 Å². The van der Waals surface area contributed by atoms with Gasteiger partial charge in [-0.05, 0) is 69.1 Å². The highest BCUT2D eigenvalue weighted by Gasteiger charge is 2.35. The number of fused-ring (bicyclic) bond motifs is 9. The third-order valence-electron chi connectivity index (χ3n) is 8.38. The van der Waals surface area contributed by atoms with Crippen LogP contribution in [0.1, 0.15) is 25.0 Å². The van der Waals surface area contributed by atoms with Crippen LogP contribution in [0.15, 0.2) is 114 Å². The molecular weight excluding hydrogens is 542 g/mol. The third kappa shape index (κ3) is 3.22. The molecule has 8 rings (SSSR count). The molecule has 0 amide bonds. The Bertz CT molecular complexity index is 2100. The Morgan fingerprint density at radius 1 is 0.590 bits per heavy atom. The molecule has 7 aromatic rings. The molecule has 0 unspecified atom stereocenters. The van der Waals surface area contributed by atoms with Crippen LogP contribution < -0.4 is 0 Å². The predicted octanol–water partition coefficient (Wildman–Crippen LogP) is 9.44. The average molecular weight is 567 g/mol. The molecule has 1 aliphatic carbocycles. The third-order valence-corrected chi connectivity index (χ3v) is 8.91. The first-order valence-corrected chi connectivity index (χ1v) is 14.0. The van der Waals surface area contributed by atoms with Crippen LogP contribution in [0.25, 0.3) is 61.0 Å². The second-order valence-electron chi connectivity index (χ2n) is 10.9. The van der Waals surface area contributed by atoms with E-state index in [-0.39, 0.29) is 5.41 Å². The molecule has 0 radical (unpaired) electrons. The van der Waals surface area contributed by atoms with Crippen molar-refractivity contribution in [2.24, 2.45) is 0 Å². The molecule has 0 saturated carbocycles. The Hall–Kier alpha value is -4.28. The number of benzene rings is 5. The van der Waals surface area contributed by atoms with Gasteiger partial charge in [-0.3, -0.25) is 4.40 Å². The van der Waals surface area contributed by atoms with E-state index in [9.17, 15) is 0 Å². The Labute approximate surface area is 234 Å². The van der Waals surface area contributed by atoms with E-state index in [1.54, 1.807) is 0 Å². The van der Waals surface area contributed by atoms with Crippen LogP contribution in [-0.2, 0) is 5.41 Å². The van der Waals surface area contributed by atoms with E-state index in [0.29, 0.717) is 0 Å². The minimum atomic E-state index is -0.0281. The lowest BCUT2D eigenvalue weighted by molar-refractivity contribution is 0.660. The van der Waals surface area contributed by atoms with Crippen molar-refractivity contribution in [2.75, 3.05) is 0 Å². The monoisotopic (exact) mass is 565 g/mol. The lowest BCUT2D eigenvalue weighted by Crippen LogP contribution is -2.14. The van der Waals surface area contributed by atoms with E-state index < -0.39 is 0 Å². The molecule has 0 N–H and O–H groups in total. The SMILES string of the molecule is CC1(C)c2ccccc2-c2ccc(-c3ccc4c(c3)c3ccccc3c3nnc(-c5ccc(Br)cc5)n43)cc21. The number of halogens is 1. The summed E-state index contributed by atoms with van der Waals surface area (Å²) in [5.74, 6) is 0.845. The Balaban J connectivity index is 1.37. The normalized spacial score (nSPS) is 13.7. The standard InChI is InChI=1S/C35H24BrN3/c1-35(2)30-10-6-5-8-26(30)27-17-13-23(20-31(27)35)22-14-18-32-29(19-22)25-7-3-4-9-28(25)34-38-37-33(39(32)34)21-11-15-24(36)16-12-21/h3-20H,1-2H3. The predicted molar refractivity (Wildman–Crippen MR) is 164 cm³/mol. The maximum absolute atomic E-state index is 4.65. The van der Waals surface area contributed by atoms with E-state index in [2.05, 4.69) is 141 Å². The van der Waals surface area contributed by atoms with Crippen molar-refractivity contribution in [3.8, 4) is 33.6 Å². The molecule has 0 aliphatic heterocycles. The summed E-state index contributed by atoms with van der Waals surface area (Å²) >= 11 is 3.55. The van der Waals surface area contributed by atoms with E-state index in [4.69, 9.17) is 0 Å². The topological polar surface area (TPSA) is 30.2 Å². The lowest BCUT2D eigenvalue weighted by Gasteiger charge is -2.22. The molecule has 2 heterocycles. The number of hydrogen-bond acceptors (Lipinski definition) is 2. The summed E-state index contributed by atoms with van der Waals surface area (Å²) in [5, 5.41) is 12.8. The van der Waals surface area contributed by atoms with Crippen molar-refractivity contribution in [3.05, 3.63) is 125 Å². The number of rotatable bonds is 2. The highest BCUT2D eigenvalue weighted by atomic mass is 79.9. The minimum absolute atomic E-state index is 0.0281. The van der Waals surface area contributed by atoms with Crippen LogP contribution in [0.5, 0.6) is 0 Å². The van der Waals surface area contributed by atoms with Crippen molar-refractivity contribution < 1.29 is 0 Å². The van der Waals surface area contributed by atoms with Crippen LogP contribution >= 0.6 is 15.9 Å². The molecule has 2 aromatic heterocycles. The summed E-state index contributed by atoms with van der Waals surface area (Å²) in [4.78, 5) is 0. The van der Waals surface area contributed by atoms with Crippen molar-refractivity contribution in [2.45, 2.75) is 19.3 Å². The molecule has 39 heavy (non-hydrogen) atoms. The molecule has 1 aliphatic rings. The zero-order valence-electron chi connectivity index (χ0n) is 21.6. The molecular formula is C35H24BrN3. The number of hydrogen-bond donors (Lipinski definition) is 0. The minimum Gasteiger partial charge on any atom is -0.274 e. The second kappa shape index (κ2) is 8.11. The molecule has 3 nitrogen and oxygen atoms in total. The van der Waals surface area contributed by atoms with Gasteiger partial charge in [0, 0.05) is 26.2 Å². The second-order valence-corrected chi connectivity index (χ2v) is 11.8. The summed E-state index contributed by atoms with van der Waals surface area (Å²) in [6, 6.07) is 39.3. The zero-order valence-corrected chi connectivity index (χ0v) is 23.2. The first-order valence-electron chi connectivity index (χ1n) is 13.2. The van der Waals surface area contributed by atoms with Gasteiger partial charge in [-0.1, -0.05) is 109 Å². The van der Waals surface area contributed by atoms with Crippen molar-refractivity contribution in [3.63, 3.8) is 0 Å². The fourth-order valence-corrected chi connectivity index (χ4v) is 6.66. The summed E-state index contributed by atoms with van der Waals surface area (Å²) < 4.78 is 3.24. The molecule has 0 fully saturated rings. The van der Waals surface area contributed by atoms with Gasteiger partial charge in [0.1, 0.15) is 0 Å².